The van der Waals surface area contributed by atoms with E-state index in [9.17, 15) is 0 Å². The third-order valence-electron chi connectivity index (χ3n) is 4.84. The molecule has 0 amide bonds. The van der Waals surface area contributed by atoms with E-state index in [2.05, 4.69) is 31.6 Å². The highest BCUT2D eigenvalue weighted by molar-refractivity contribution is 14.0. The van der Waals surface area contributed by atoms with E-state index in [0.717, 1.165) is 48.6 Å². The van der Waals surface area contributed by atoms with E-state index in [-0.39, 0.29) is 30.0 Å². The number of guanidine groups is 1. The van der Waals surface area contributed by atoms with Crippen molar-refractivity contribution in [3.05, 3.63) is 41.0 Å². The Morgan fingerprint density at radius 3 is 2.48 bits per heavy atom. The molecule has 1 aliphatic rings. The Morgan fingerprint density at radius 1 is 1.19 bits per heavy atom. The van der Waals surface area contributed by atoms with Crippen molar-refractivity contribution < 1.29 is 8.83 Å². The second kappa shape index (κ2) is 10.1. The summed E-state index contributed by atoms with van der Waals surface area (Å²) in [6, 6.07) is 4.31. The first kappa shape index (κ1) is 21.7. The number of aromatic nitrogens is 1. The van der Waals surface area contributed by atoms with Crippen LogP contribution in [-0.2, 0) is 6.54 Å². The maximum Gasteiger partial charge on any atom is 0.214 e. The summed E-state index contributed by atoms with van der Waals surface area (Å²) >= 11 is 0. The van der Waals surface area contributed by atoms with E-state index in [1.54, 1.807) is 7.05 Å². The lowest BCUT2D eigenvalue weighted by molar-refractivity contribution is 0.213. The van der Waals surface area contributed by atoms with Crippen LogP contribution in [0.2, 0.25) is 0 Å². The molecule has 7 nitrogen and oxygen atoms in total. The molecule has 0 aromatic carbocycles. The molecule has 8 heteroatoms. The Labute approximate surface area is 178 Å². The number of aryl methyl sites for hydroxylation is 3. The molecule has 2 aromatic rings. The number of furan rings is 1. The standard InChI is InChI=1S/C19H29N5O2.HI/c1-13-7-8-17(25-13)16(24-9-5-6-10-24)11-21-19(20-4)22-12-18-23-14(2)15(3)26-18;/h7-8,16H,5-6,9-12H2,1-4H3,(H2,20,21,22);1H. The zero-order valence-electron chi connectivity index (χ0n) is 16.5. The molecule has 0 bridgehead atoms. The van der Waals surface area contributed by atoms with Crippen LogP contribution in [0.1, 0.15) is 47.7 Å². The molecule has 0 aliphatic carbocycles. The molecule has 1 saturated heterocycles. The van der Waals surface area contributed by atoms with Crippen molar-refractivity contribution >= 4 is 29.9 Å². The van der Waals surface area contributed by atoms with Crippen molar-refractivity contribution in [3.8, 4) is 0 Å². The number of nitrogens with zero attached hydrogens (tertiary/aromatic N) is 3. The van der Waals surface area contributed by atoms with Crippen LogP contribution in [0, 0.1) is 20.8 Å². The van der Waals surface area contributed by atoms with E-state index >= 15 is 0 Å². The SMILES string of the molecule is CN=C(NCc1nc(C)c(C)o1)NCC(c1ccc(C)o1)N1CCCC1.I. The largest absolute Gasteiger partial charge is 0.465 e. The zero-order chi connectivity index (χ0) is 18.5. The van der Waals surface area contributed by atoms with Crippen molar-refractivity contribution in [2.75, 3.05) is 26.7 Å². The average molecular weight is 487 g/mol. The smallest absolute Gasteiger partial charge is 0.214 e. The quantitative estimate of drug-likeness (QED) is 0.370. The fraction of sp³-hybridized carbons (Fsp3) is 0.579. The predicted molar refractivity (Wildman–Crippen MR) is 117 cm³/mol. The third-order valence-corrected chi connectivity index (χ3v) is 4.84. The Bertz CT molecular complexity index is 730. The topological polar surface area (TPSA) is 78.8 Å². The Kier molecular flexibility index (Phi) is 8.15. The molecule has 0 saturated carbocycles. The van der Waals surface area contributed by atoms with Crippen LogP contribution in [-0.4, -0.2) is 42.5 Å². The summed E-state index contributed by atoms with van der Waals surface area (Å²) in [5.41, 5.74) is 0.923. The second-order valence-electron chi connectivity index (χ2n) is 6.76. The van der Waals surface area contributed by atoms with Crippen LogP contribution in [0.25, 0.3) is 0 Å². The molecule has 0 spiro atoms. The first-order valence-electron chi connectivity index (χ1n) is 9.24. The van der Waals surface area contributed by atoms with Crippen LogP contribution in [0.3, 0.4) is 0 Å². The van der Waals surface area contributed by atoms with Gasteiger partial charge in [-0.2, -0.15) is 0 Å². The van der Waals surface area contributed by atoms with Crippen molar-refractivity contribution in [2.45, 2.75) is 46.2 Å². The summed E-state index contributed by atoms with van der Waals surface area (Å²) in [6.07, 6.45) is 2.48. The van der Waals surface area contributed by atoms with Gasteiger partial charge in [0.25, 0.3) is 0 Å². The van der Waals surface area contributed by atoms with Crippen molar-refractivity contribution in [1.29, 1.82) is 0 Å². The number of hydrogen-bond donors (Lipinski definition) is 2. The van der Waals surface area contributed by atoms with Gasteiger partial charge in [0, 0.05) is 13.6 Å². The van der Waals surface area contributed by atoms with Gasteiger partial charge in [-0.15, -0.1) is 24.0 Å². The van der Waals surface area contributed by atoms with Crippen LogP contribution in [0.4, 0.5) is 0 Å². The lowest BCUT2D eigenvalue weighted by Gasteiger charge is -2.26. The maximum absolute atomic E-state index is 5.90. The van der Waals surface area contributed by atoms with Gasteiger partial charge < -0.3 is 19.5 Å². The number of nitrogens with one attached hydrogen (secondary N) is 2. The average Bonchev–Trinajstić information content (AvgIpc) is 3.35. The summed E-state index contributed by atoms with van der Waals surface area (Å²) < 4.78 is 11.5. The fourth-order valence-electron chi connectivity index (χ4n) is 3.28. The number of likely N-dealkylation sites (tertiary alicyclic amines) is 1. The van der Waals surface area contributed by atoms with Gasteiger partial charge in [-0.1, -0.05) is 0 Å². The lowest BCUT2D eigenvalue weighted by atomic mass is 10.2. The minimum absolute atomic E-state index is 0. The van der Waals surface area contributed by atoms with E-state index in [1.165, 1.54) is 12.8 Å². The molecule has 3 rings (SSSR count). The van der Waals surface area contributed by atoms with Crippen LogP contribution < -0.4 is 10.6 Å². The first-order chi connectivity index (χ1) is 12.6. The van der Waals surface area contributed by atoms with E-state index in [1.807, 2.05) is 26.8 Å². The van der Waals surface area contributed by atoms with Crippen LogP contribution in [0.5, 0.6) is 0 Å². The number of halogens is 1. The Morgan fingerprint density at radius 2 is 1.93 bits per heavy atom. The summed E-state index contributed by atoms with van der Waals surface area (Å²) in [5.74, 6) is 4.20. The lowest BCUT2D eigenvalue weighted by Crippen LogP contribution is -2.42. The highest BCUT2D eigenvalue weighted by Gasteiger charge is 2.26. The van der Waals surface area contributed by atoms with E-state index < -0.39 is 0 Å². The normalized spacial score (nSPS) is 16.2. The third kappa shape index (κ3) is 5.71. The number of aliphatic imine (C=N–C) groups is 1. The highest BCUT2D eigenvalue weighted by Crippen LogP contribution is 2.26. The second-order valence-corrected chi connectivity index (χ2v) is 6.76. The minimum Gasteiger partial charge on any atom is -0.465 e. The van der Waals surface area contributed by atoms with Crippen molar-refractivity contribution in [3.63, 3.8) is 0 Å². The van der Waals surface area contributed by atoms with Crippen LogP contribution in [0.15, 0.2) is 26.0 Å². The fourth-order valence-corrected chi connectivity index (χ4v) is 3.28. The summed E-state index contributed by atoms with van der Waals surface area (Å²) in [7, 11) is 1.77. The molecule has 1 fully saturated rings. The molecular weight excluding hydrogens is 457 g/mol. The zero-order valence-corrected chi connectivity index (χ0v) is 18.9. The van der Waals surface area contributed by atoms with Gasteiger partial charge in [-0.3, -0.25) is 9.89 Å². The molecule has 2 aromatic heterocycles. The van der Waals surface area contributed by atoms with Gasteiger partial charge >= 0.3 is 0 Å². The van der Waals surface area contributed by atoms with Crippen LogP contribution >= 0.6 is 24.0 Å². The Hall–Kier alpha value is -1.55. The summed E-state index contributed by atoms with van der Waals surface area (Å²) in [4.78, 5) is 11.2. The highest BCUT2D eigenvalue weighted by atomic mass is 127. The molecule has 1 unspecified atom stereocenters. The van der Waals surface area contributed by atoms with Gasteiger partial charge in [0.2, 0.25) is 5.89 Å². The molecular formula is C19H30IN5O2. The molecule has 27 heavy (non-hydrogen) atoms. The predicted octanol–water partition coefficient (Wildman–Crippen LogP) is 3.31. The molecule has 1 aliphatic heterocycles. The first-order valence-corrected chi connectivity index (χ1v) is 9.24. The molecule has 0 radical (unpaired) electrons. The maximum atomic E-state index is 5.90. The number of oxazole rings is 1. The monoisotopic (exact) mass is 487 g/mol. The molecule has 1 atom stereocenters. The molecule has 3 heterocycles. The van der Waals surface area contributed by atoms with Gasteiger partial charge in [0.15, 0.2) is 5.96 Å². The number of rotatable bonds is 6. The molecule has 2 N–H and O–H groups in total. The summed E-state index contributed by atoms with van der Waals surface area (Å²) in [5, 5.41) is 6.68. The Balaban J connectivity index is 0.00000261. The minimum atomic E-state index is 0. The van der Waals surface area contributed by atoms with Gasteiger partial charge in [0.1, 0.15) is 17.3 Å². The van der Waals surface area contributed by atoms with E-state index in [0.29, 0.717) is 12.4 Å². The number of hydrogen-bond acceptors (Lipinski definition) is 5. The van der Waals surface area contributed by atoms with Gasteiger partial charge in [-0.05, 0) is 58.8 Å². The summed E-state index contributed by atoms with van der Waals surface area (Å²) in [6.45, 7) is 9.30. The van der Waals surface area contributed by atoms with Gasteiger partial charge in [0.05, 0.1) is 18.3 Å². The van der Waals surface area contributed by atoms with E-state index in [4.69, 9.17) is 8.83 Å². The van der Waals surface area contributed by atoms with Crippen molar-refractivity contribution in [1.82, 2.24) is 20.5 Å². The van der Waals surface area contributed by atoms with Gasteiger partial charge in [-0.25, -0.2) is 4.98 Å². The van der Waals surface area contributed by atoms with Crippen molar-refractivity contribution in [2.24, 2.45) is 4.99 Å². The molecule has 150 valence electrons.